The van der Waals surface area contributed by atoms with Gasteiger partial charge >= 0.3 is 0 Å². The molecule has 1 aliphatic rings. The zero-order valence-corrected chi connectivity index (χ0v) is 16.1. The number of aryl methyl sites for hydroxylation is 2. The molecule has 0 bridgehead atoms. The molecule has 0 saturated carbocycles. The van der Waals surface area contributed by atoms with Crippen molar-refractivity contribution in [3.8, 4) is 5.75 Å². The van der Waals surface area contributed by atoms with Gasteiger partial charge in [0.2, 0.25) is 0 Å². The first kappa shape index (κ1) is 18.9. The van der Waals surface area contributed by atoms with Crippen molar-refractivity contribution in [1.29, 1.82) is 0 Å². The first-order valence-corrected chi connectivity index (χ1v) is 10.1. The van der Waals surface area contributed by atoms with Crippen LogP contribution in [0.3, 0.4) is 0 Å². The minimum absolute atomic E-state index is 0.257. The van der Waals surface area contributed by atoms with Crippen LogP contribution in [0.15, 0.2) is 36.4 Å². The molecule has 0 aliphatic heterocycles. The van der Waals surface area contributed by atoms with E-state index in [9.17, 15) is 5.11 Å². The first-order chi connectivity index (χ1) is 12.7. The number of aliphatic hydroxyl groups excluding tert-OH is 1. The highest BCUT2D eigenvalue weighted by molar-refractivity contribution is 5.31. The first-order valence-electron chi connectivity index (χ1n) is 10.1. The van der Waals surface area contributed by atoms with E-state index in [-0.39, 0.29) is 5.92 Å². The third-order valence-electron chi connectivity index (χ3n) is 5.37. The second kappa shape index (κ2) is 9.18. The summed E-state index contributed by atoms with van der Waals surface area (Å²) in [6.45, 7) is 4.77. The van der Waals surface area contributed by atoms with Crippen LogP contribution in [0.2, 0.25) is 0 Å². The topological polar surface area (TPSA) is 42.4 Å². The van der Waals surface area contributed by atoms with Crippen LogP contribution in [0.25, 0.3) is 0 Å². The maximum Gasteiger partial charge on any atom is 0.130 e. The second-order valence-electron chi connectivity index (χ2n) is 7.54. The Bertz CT molecular complexity index is 713. The van der Waals surface area contributed by atoms with Crippen LogP contribution in [-0.4, -0.2) is 10.1 Å². The smallest absolute Gasteiger partial charge is 0.130 e. The van der Waals surface area contributed by atoms with Gasteiger partial charge in [-0.3, -0.25) is 4.98 Å². The monoisotopic (exact) mass is 353 g/mol. The molecular formula is C23H31NO2. The number of aliphatic hydroxyl groups is 1. The van der Waals surface area contributed by atoms with Gasteiger partial charge in [-0.05, 0) is 67.3 Å². The molecule has 3 rings (SSSR count). The molecular weight excluding hydrogens is 322 g/mol. The molecule has 0 amide bonds. The van der Waals surface area contributed by atoms with Crippen LogP contribution in [0, 0.1) is 5.92 Å². The molecule has 3 heteroatoms. The summed E-state index contributed by atoms with van der Waals surface area (Å²) < 4.78 is 5.96. The largest absolute Gasteiger partial charge is 0.487 e. The maximum atomic E-state index is 10.6. The second-order valence-corrected chi connectivity index (χ2v) is 7.54. The molecule has 2 unspecified atom stereocenters. The number of pyridine rings is 1. The molecule has 2 aromatic rings. The third kappa shape index (κ3) is 4.85. The average molecular weight is 354 g/mol. The lowest BCUT2D eigenvalue weighted by molar-refractivity contribution is 0.111. The highest BCUT2D eigenvalue weighted by Gasteiger charge is 2.16. The van der Waals surface area contributed by atoms with Gasteiger partial charge in [-0.1, -0.05) is 44.9 Å². The summed E-state index contributed by atoms with van der Waals surface area (Å²) in [5.74, 6) is 1.05. The molecule has 1 N–H and O–H groups in total. The predicted molar refractivity (Wildman–Crippen MR) is 105 cm³/mol. The Morgan fingerprint density at radius 3 is 2.85 bits per heavy atom. The minimum atomic E-state index is -0.438. The molecule has 1 aliphatic carbocycles. The quantitative estimate of drug-likeness (QED) is 0.691. The Balaban J connectivity index is 1.62. The Morgan fingerprint density at radius 2 is 2.00 bits per heavy atom. The highest BCUT2D eigenvalue weighted by atomic mass is 16.5. The number of nitrogens with zero attached hydrogens (tertiary/aromatic N) is 1. The number of hydrogen-bond acceptors (Lipinski definition) is 3. The number of ether oxygens (including phenoxy) is 1. The predicted octanol–water partition coefficient (Wildman–Crippen LogP) is 5.40. The van der Waals surface area contributed by atoms with Crippen LogP contribution in [-0.2, 0) is 19.4 Å². The van der Waals surface area contributed by atoms with Crippen LogP contribution >= 0.6 is 0 Å². The van der Waals surface area contributed by atoms with Crippen molar-refractivity contribution in [3.05, 3.63) is 58.9 Å². The molecule has 0 spiro atoms. The van der Waals surface area contributed by atoms with Gasteiger partial charge in [0.15, 0.2) is 0 Å². The van der Waals surface area contributed by atoms with Crippen LogP contribution < -0.4 is 4.74 Å². The van der Waals surface area contributed by atoms with E-state index in [2.05, 4.69) is 26.0 Å². The van der Waals surface area contributed by atoms with Crippen LogP contribution in [0.1, 0.15) is 74.6 Å². The fourth-order valence-corrected chi connectivity index (χ4v) is 3.67. The molecule has 0 fully saturated rings. The fourth-order valence-electron chi connectivity index (χ4n) is 3.67. The van der Waals surface area contributed by atoms with Crippen LogP contribution in [0.4, 0.5) is 0 Å². The Morgan fingerprint density at radius 1 is 1.15 bits per heavy atom. The summed E-state index contributed by atoms with van der Waals surface area (Å²) in [4.78, 5) is 4.77. The standard InChI is InChI=1S/C23H31NO2/c1-3-4-8-17(2)23(25)19-10-7-11-21(15-19)26-16-20-14-13-18-9-5-6-12-22(18)24-20/h7,10-11,13-15,17,23,25H,3-6,8-9,12,16H2,1-2H3. The van der Waals surface area contributed by atoms with Crippen molar-refractivity contribution in [1.82, 2.24) is 4.98 Å². The van der Waals surface area contributed by atoms with E-state index in [1.54, 1.807) is 0 Å². The summed E-state index contributed by atoms with van der Waals surface area (Å²) in [6.07, 6.45) is 7.66. The zero-order chi connectivity index (χ0) is 18.4. The minimum Gasteiger partial charge on any atom is -0.487 e. The van der Waals surface area contributed by atoms with Crippen molar-refractivity contribution in [2.24, 2.45) is 5.92 Å². The molecule has 2 atom stereocenters. The van der Waals surface area contributed by atoms with E-state index in [1.807, 2.05) is 24.3 Å². The van der Waals surface area contributed by atoms with Gasteiger partial charge < -0.3 is 9.84 Å². The van der Waals surface area contributed by atoms with E-state index < -0.39 is 6.10 Å². The molecule has 1 aromatic heterocycles. The summed E-state index contributed by atoms with van der Waals surface area (Å²) >= 11 is 0. The maximum absolute atomic E-state index is 10.6. The third-order valence-corrected chi connectivity index (χ3v) is 5.37. The van der Waals surface area contributed by atoms with E-state index in [0.29, 0.717) is 6.61 Å². The summed E-state index contributed by atoms with van der Waals surface area (Å²) in [5, 5.41) is 10.6. The van der Waals surface area contributed by atoms with Gasteiger partial charge in [0.05, 0.1) is 11.8 Å². The van der Waals surface area contributed by atoms with Gasteiger partial charge in [0.25, 0.3) is 0 Å². The van der Waals surface area contributed by atoms with Crippen molar-refractivity contribution >= 4 is 0 Å². The molecule has 140 valence electrons. The van der Waals surface area contributed by atoms with Crippen molar-refractivity contribution in [2.75, 3.05) is 0 Å². The number of aromatic nitrogens is 1. The Hall–Kier alpha value is -1.87. The number of unbranched alkanes of at least 4 members (excludes halogenated alkanes) is 1. The van der Waals surface area contributed by atoms with E-state index >= 15 is 0 Å². The normalized spacial score (nSPS) is 16.0. The highest BCUT2D eigenvalue weighted by Crippen LogP contribution is 2.28. The summed E-state index contributed by atoms with van der Waals surface area (Å²) in [5.41, 5.74) is 4.55. The zero-order valence-electron chi connectivity index (χ0n) is 16.1. The van der Waals surface area contributed by atoms with Gasteiger partial charge in [-0.15, -0.1) is 0 Å². The summed E-state index contributed by atoms with van der Waals surface area (Å²) in [6, 6.07) is 12.1. The van der Waals surface area contributed by atoms with Crippen molar-refractivity contribution in [3.63, 3.8) is 0 Å². The summed E-state index contributed by atoms with van der Waals surface area (Å²) in [7, 11) is 0. The SMILES string of the molecule is CCCCC(C)C(O)c1cccc(OCc2ccc3c(n2)CCCC3)c1. The number of hydrogen-bond donors (Lipinski definition) is 1. The molecule has 26 heavy (non-hydrogen) atoms. The Kier molecular flexibility index (Phi) is 6.67. The fraction of sp³-hybridized carbons (Fsp3) is 0.522. The molecule has 3 nitrogen and oxygen atoms in total. The molecule has 1 aromatic carbocycles. The lowest BCUT2D eigenvalue weighted by atomic mass is 9.93. The van der Waals surface area contributed by atoms with E-state index in [4.69, 9.17) is 9.72 Å². The lowest BCUT2D eigenvalue weighted by Crippen LogP contribution is -2.10. The number of fused-ring (bicyclic) bond motifs is 1. The van der Waals surface area contributed by atoms with Crippen molar-refractivity contribution in [2.45, 2.75) is 71.5 Å². The van der Waals surface area contributed by atoms with Gasteiger partial charge in [-0.25, -0.2) is 0 Å². The van der Waals surface area contributed by atoms with E-state index in [1.165, 1.54) is 24.1 Å². The van der Waals surface area contributed by atoms with Gasteiger partial charge in [0.1, 0.15) is 12.4 Å². The lowest BCUT2D eigenvalue weighted by Gasteiger charge is -2.20. The Labute approximate surface area is 157 Å². The van der Waals surface area contributed by atoms with Gasteiger partial charge in [-0.2, -0.15) is 0 Å². The van der Waals surface area contributed by atoms with E-state index in [0.717, 1.165) is 49.1 Å². The van der Waals surface area contributed by atoms with Crippen molar-refractivity contribution < 1.29 is 9.84 Å². The molecule has 0 saturated heterocycles. The average Bonchev–Trinajstić information content (AvgIpc) is 2.70. The van der Waals surface area contributed by atoms with Gasteiger partial charge in [0, 0.05) is 5.69 Å². The van der Waals surface area contributed by atoms with Crippen LogP contribution in [0.5, 0.6) is 5.75 Å². The number of benzene rings is 1. The molecule has 0 radical (unpaired) electrons. The molecule has 1 heterocycles. The number of rotatable bonds is 8.